The molecule has 5 nitrogen and oxygen atoms in total. The van der Waals surface area contributed by atoms with Gasteiger partial charge >= 0.3 is 0 Å². The summed E-state index contributed by atoms with van der Waals surface area (Å²) in [5.41, 5.74) is 0.345. The predicted octanol–water partition coefficient (Wildman–Crippen LogP) is 2.60. The first-order valence-electron chi connectivity index (χ1n) is 7.51. The predicted molar refractivity (Wildman–Crippen MR) is 90.8 cm³/mol. The van der Waals surface area contributed by atoms with Crippen molar-refractivity contribution in [2.45, 2.75) is 18.7 Å². The van der Waals surface area contributed by atoms with Crippen molar-refractivity contribution in [2.75, 3.05) is 18.0 Å². The average molecular weight is 368 g/mol. The van der Waals surface area contributed by atoms with E-state index < -0.39 is 27.6 Å². The molecule has 134 valence electrons. The van der Waals surface area contributed by atoms with Gasteiger partial charge < -0.3 is 4.90 Å². The minimum atomic E-state index is -3.87. The molecule has 8 heteroatoms. The maximum atomic E-state index is 13.8. The number of rotatable bonds is 6. The number of amides is 1. The lowest BCUT2D eigenvalue weighted by Gasteiger charge is -2.22. The maximum absolute atomic E-state index is 13.8. The van der Waals surface area contributed by atoms with Gasteiger partial charge in [-0.2, -0.15) is 0 Å². The Bertz CT molecular complexity index is 885. The standard InChI is InChI=1S/C17H18F2N2O3S/c1-12-11-14(18)7-8-17(12)25(23,24)20-9-10-21(13(2)22)16-6-4-3-5-15(16)19/h3-8,11,20H,9-10H2,1-2H3. The van der Waals surface area contributed by atoms with Gasteiger partial charge in [0.15, 0.2) is 0 Å². The minimum absolute atomic E-state index is 0.0459. The summed E-state index contributed by atoms with van der Waals surface area (Å²) in [6.45, 7) is 2.59. The van der Waals surface area contributed by atoms with E-state index in [4.69, 9.17) is 0 Å². The lowest BCUT2D eigenvalue weighted by molar-refractivity contribution is -0.116. The van der Waals surface area contributed by atoms with E-state index in [2.05, 4.69) is 4.72 Å². The van der Waals surface area contributed by atoms with Crippen molar-refractivity contribution in [2.24, 2.45) is 0 Å². The van der Waals surface area contributed by atoms with E-state index in [1.54, 1.807) is 6.07 Å². The van der Waals surface area contributed by atoms with Crippen LogP contribution in [0.15, 0.2) is 47.4 Å². The van der Waals surface area contributed by atoms with Crippen LogP contribution in [0.4, 0.5) is 14.5 Å². The highest BCUT2D eigenvalue weighted by atomic mass is 32.2. The number of halogens is 2. The van der Waals surface area contributed by atoms with Crippen LogP contribution in [0.5, 0.6) is 0 Å². The molecule has 0 radical (unpaired) electrons. The molecule has 0 unspecified atom stereocenters. The van der Waals surface area contributed by atoms with Gasteiger partial charge in [-0.1, -0.05) is 12.1 Å². The Labute approximate surface area is 145 Å². The van der Waals surface area contributed by atoms with Crippen molar-refractivity contribution in [1.82, 2.24) is 4.72 Å². The third-order valence-electron chi connectivity index (χ3n) is 3.58. The van der Waals surface area contributed by atoms with E-state index in [0.717, 1.165) is 17.0 Å². The zero-order valence-corrected chi connectivity index (χ0v) is 14.6. The zero-order valence-electron chi connectivity index (χ0n) is 13.8. The van der Waals surface area contributed by atoms with E-state index in [1.807, 2.05) is 0 Å². The summed E-state index contributed by atoms with van der Waals surface area (Å²) in [5.74, 6) is -1.52. The number of carbonyl (C=O) groups excluding carboxylic acids is 1. The van der Waals surface area contributed by atoms with Crippen LogP contribution in [-0.4, -0.2) is 27.4 Å². The number of hydrogen-bond donors (Lipinski definition) is 1. The first-order valence-corrected chi connectivity index (χ1v) is 8.99. The molecule has 1 N–H and O–H groups in total. The van der Waals surface area contributed by atoms with Gasteiger partial charge in [0.2, 0.25) is 15.9 Å². The fourth-order valence-electron chi connectivity index (χ4n) is 2.40. The van der Waals surface area contributed by atoms with Gasteiger partial charge in [-0.25, -0.2) is 21.9 Å². The summed E-state index contributed by atoms with van der Waals surface area (Å²) in [5, 5.41) is 0. The van der Waals surface area contributed by atoms with E-state index in [9.17, 15) is 22.0 Å². The highest BCUT2D eigenvalue weighted by molar-refractivity contribution is 7.89. The van der Waals surface area contributed by atoms with E-state index in [1.165, 1.54) is 38.1 Å². The molecule has 2 rings (SSSR count). The van der Waals surface area contributed by atoms with E-state index in [0.29, 0.717) is 0 Å². The normalized spacial score (nSPS) is 11.4. The molecule has 0 atom stereocenters. The van der Waals surface area contributed by atoms with Crippen LogP contribution in [0.2, 0.25) is 0 Å². The Hall–Kier alpha value is -2.32. The lowest BCUT2D eigenvalue weighted by Crippen LogP contribution is -2.38. The number of nitrogens with zero attached hydrogens (tertiary/aromatic N) is 1. The maximum Gasteiger partial charge on any atom is 0.240 e. The largest absolute Gasteiger partial charge is 0.309 e. The molecule has 0 bridgehead atoms. The molecule has 2 aromatic carbocycles. The van der Waals surface area contributed by atoms with Crippen molar-refractivity contribution >= 4 is 21.6 Å². The van der Waals surface area contributed by atoms with Gasteiger partial charge in [0, 0.05) is 20.0 Å². The van der Waals surface area contributed by atoms with Crippen molar-refractivity contribution in [1.29, 1.82) is 0 Å². The summed E-state index contributed by atoms with van der Waals surface area (Å²) in [7, 11) is -3.87. The molecule has 25 heavy (non-hydrogen) atoms. The van der Waals surface area contributed by atoms with Crippen molar-refractivity contribution in [3.63, 3.8) is 0 Å². The molecule has 0 aromatic heterocycles. The van der Waals surface area contributed by atoms with Gasteiger partial charge in [0.25, 0.3) is 0 Å². The van der Waals surface area contributed by atoms with Crippen LogP contribution in [0, 0.1) is 18.6 Å². The quantitative estimate of drug-likeness (QED) is 0.852. The summed E-state index contributed by atoms with van der Waals surface area (Å²) >= 11 is 0. The fraction of sp³-hybridized carbons (Fsp3) is 0.235. The molecule has 0 saturated carbocycles. The molecule has 0 saturated heterocycles. The summed E-state index contributed by atoms with van der Waals surface area (Å²) in [6, 6.07) is 9.09. The summed E-state index contributed by atoms with van der Waals surface area (Å²) in [6.07, 6.45) is 0. The number of para-hydroxylation sites is 1. The first-order chi connectivity index (χ1) is 11.7. The van der Waals surface area contributed by atoms with Gasteiger partial charge in [0.1, 0.15) is 11.6 Å². The third-order valence-corrected chi connectivity index (χ3v) is 5.20. The molecule has 0 spiro atoms. The molecule has 0 fully saturated rings. The topological polar surface area (TPSA) is 66.5 Å². The fourth-order valence-corrected chi connectivity index (χ4v) is 3.65. The Kier molecular flexibility index (Phi) is 5.86. The zero-order chi connectivity index (χ0) is 18.6. The molecule has 2 aromatic rings. The number of sulfonamides is 1. The summed E-state index contributed by atoms with van der Waals surface area (Å²) < 4.78 is 53.9. The van der Waals surface area contributed by atoms with Crippen molar-refractivity contribution in [3.05, 3.63) is 59.7 Å². The minimum Gasteiger partial charge on any atom is -0.309 e. The van der Waals surface area contributed by atoms with Crippen LogP contribution in [-0.2, 0) is 14.8 Å². The smallest absolute Gasteiger partial charge is 0.240 e. The highest BCUT2D eigenvalue weighted by Crippen LogP contribution is 2.19. The Morgan fingerprint density at radius 1 is 1.16 bits per heavy atom. The van der Waals surface area contributed by atoms with Crippen LogP contribution >= 0.6 is 0 Å². The van der Waals surface area contributed by atoms with Crippen LogP contribution in [0.1, 0.15) is 12.5 Å². The number of aryl methyl sites for hydroxylation is 1. The monoisotopic (exact) mass is 368 g/mol. The average Bonchev–Trinajstić information content (AvgIpc) is 2.52. The second kappa shape index (κ2) is 7.71. The molecule has 1 amide bonds. The third kappa shape index (κ3) is 4.61. The Balaban J connectivity index is 2.12. The lowest BCUT2D eigenvalue weighted by atomic mass is 10.2. The highest BCUT2D eigenvalue weighted by Gasteiger charge is 2.19. The molecular formula is C17H18F2N2O3S. The number of hydrogen-bond acceptors (Lipinski definition) is 3. The van der Waals surface area contributed by atoms with E-state index >= 15 is 0 Å². The SMILES string of the molecule is CC(=O)N(CCNS(=O)(=O)c1ccc(F)cc1C)c1ccccc1F. The van der Waals surface area contributed by atoms with E-state index in [-0.39, 0.29) is 29.2 Å². The first kappa shape index (κ1) is 19.0. The number of nitrogens with one attached hydrogen (secondary N) is 1. The Morgan fingerprint density at radius 2 is 1.84 bits per heavy atom. The summed E-state index contributed by atoms with van der Waals surface area (Å²) in [4.78, 5) is 12.9. The van der Waals surface area contributed by atoms with Gasteiger partial charge in [-0.05, 0) is 42.8 Å². The molecule has 0 aliphatic heterocycles. The molecule has 0 aliphatic carbocycles. The van der Waals surface area contributed by atoms with Crippen LogP contribution in [0.25, 0.3) is 0 Å². The van der Waals surface area contributed by atoms with Crippen molar-refractivity contribution in [3.8, 4) is 0 Å². The second-order valence-corrected chi connectivity index (χ2v) is 7.17. The molecule has 0 aliphatic rings. The van der Waals surface area contributed by atoms with Gasteiger partial charge in [-0.3, -0.25) is 4.79 Å². The van der Waals surface area contributed by atoms with Crippen molar-refractivity contribution < 1.29 is 22.0 Å². The molecular weight excluding hydrogens is 350 g/mol. The van der Waals surface area contributed by atoms with Gasteiger partial charge in [0.05, 0.1) is 10.6 Å². The number of benzene rings is 2. The number of anilines is 1. The molecule has 0 heterocycles. The van der Waals surface area contributed by atoms with Gasteiger partial charge in [-0.15, -0.1) is 0 Å². The van der Waals surface area contributed by atoms with Crippen LogP contribution in [0.3, 0.4) is 0 Å². The van der Waals surface area contributed by atoms with Crippen LogP contribution < -0.4 is 9.62 Å². The Morgan fingerprint density at radius 3 is 2.44 bits per heavy atom. The second-order valence-electron chi connectivity index (χ2n) is 5.43. The number of carbonyl (C=O) groups is 1.